The Morgan fingerprint density at radius 1 is 1.30 bits per heavy atom. The van der Waals surface area contributed by atoms with E-state index in [2.05, 4.69) is 4.98 Å². The highest BCUT2D eigenvalue weighted by molar-refractivity contribution is 7.15. The van der Waals surface area contributed by atoms with E-state index in [4.69, 9.17) is 4.74 Å². The highest BCUT2D eigenvalue weighted by atomic mass is 32.1. The van der Waals surface area contributed by atoms with Crippen molar-refractivity contribution in [2.45, 2.75) is 12.8 Å². The number of fused-ring (bicyclic) bond motifs is 1. The summed E-state index contributed by atoms with van der Waals surface area (Å²) in [5, 5.41) is 13.3. The fourth-order valence-electron chi connectivity index (χ4n) is 3.49. The number of Topliss-reactive ketones (excluding diaryl/α,β-unsaturated/α-hetero) is 1. The van der Waals surface area contributed by atoms with Crippen molar-refractivity contribution in [3.63, 3.8) is 0 Å². The van der Waals surface area contributed by atoms with E-state index in [9.17, 15) is 14.9 Å². The molecule has 0 radical (unpaired) electrons. The zero-order valence-electron chi connectivity index (χ0n) is 14.7. The van der Waals surface area contributed by atoms with Gasteiger partial charge in [-0.2, -0.15) is 9.38 Å². The summed E-state index contributed by atoms with van der Waals surface area (Å²) in [4.78, 5) is 30.8. The molecule has 0 atom stereocenters. The van der Waals surface area contributed by atoms with Gasteiger partial charge in [0.15, 0.2) is 5.78 Å². The summed E-state index contributed by atoms with van der Waals surface area (Å²) < 4.78 is 6.63. The molecule has 0 N–H and O–H groups in total. The van der Waals surface area contributed by atoms with Gasteiger partial charge in [0.2, 0.25) is 5.82 Å². The molecule has 0 spiro atoms. The SMILES string of the molecule is COc1ccc(C(=O)C2CCN(c3nc4sccn4c3[N+](=O)[O-])CC2)cc1. The highest BCUT2D eigenvalue weighted by Crippen LogP contribution is 2.34. The maximum atomic E-state index is 12.7. The van der Waals surface area contributed by atoms with Gasteiger partial charge in [0.05, 0.1) is 7.11 Å². The van der Waals surface area contributed by atoms with E-state index in [0.717, 1.165) is 0 Å². The van der Waals surface area contributed by atoms with Gasteiger partial charge in [-0.05, 0) is 42.0 Å². The van der Waals surface area contributed by atoms with Crippen molar-refractivity contribution in [2.24, 2.45) is 5.92 Å². The molecule has 2 aromatic heterocycles. The van der Waals surface area contributed by atoms with Gasteiger partial charge in [-0.25, -0.2) is 0 Å². The van der Waals surface area contributed by atoms with Crippen LogP contribution in [0.1, 0.15) is 23.2 Å². The summed E-state index contributed by atoms with van der Waals surface area (Å²) in [6.07, 6.45) is 2.95. The predicted molar refractivity (Wildman–Crippen MR) is 102 cm³/mol. The Morgan fingerprint density at radius 2 is 2.00 bits per heavy atom. The first-order valence-electron chi connectivity index (χ1n) is 8.61. The average molecular weight is 386 g/mol. The number of carbonyl (C=O) groups excluding carboxylic acids is 1. The van der Waals surface area contributed by atoms with Gasteiger partial charge in [-0.3, -0.25) is 4.79 Å². The van der Waals surface area contributed by atoms with Gasteiger partial charge >= 0.3 is 5.82 Å². The fraction of sp³-hybridized carbons (Fsp3) is 0.333. The van der Waals surface area contributed by atoms with Crippen molar-refractivity contribution in [1.82, 2.24) is 9.38 Å². The zero-order chi connectivity index (χ0) is 19.0. The molecule has 8 nitrogen and oxygen atoms in total. The second-order valence-electron chi connectivity index (χ2n) is 6.43. The van der Waals surface area contributed by atoms with Gasteiger partial charge in [-0.1, -0.05) is 11.3 Å². The maximum absolute atomic E-state index is 12.7. The van der Waals surface area contributed by atoms with Crippen molar-refractivity contribution in [2.75, 3.05) is 25.1 Å². The predicted octanol–water partition coefficient (Wildman–Crippen LogP) is 3.41. The first-order chi connectivity index (χ1) is 13.1. The number of aromatic nitrogens is 2. The number of imidazole rings is 1. The van der Waals surface area contributed by atoms with Crippen LogP contribution in [-0.2, 0) is 0 Å². The number of benzene rings is 1. The van der Waals surface area contributed by atoms with Gasteiger partial charge in [0.25, 0.3) is 4.96 Å². The molecule has 3 heterocycles. The van der Waals surface area contributed by atoms with Gasteiger partial charge < -0.3 is 19.8 Å². The fourth-order valence-corrected chi connectivity index (χ4v) is 4.19. The first kappa shape index (κ1) is 17.5. The summed E-state index contributed by atoms with van der Waals surface area (Å²) in [7, 11) is 1.59. The van der Waals surface area contributed by atoms with Crippen LogP contribution in [0.25, 0.3) is 4.96 Å². The zero-order valence-corrected chi connectivity index (χ0v) is 15.5. The quantitative estimate of drug-likeness (QED) is 0.379. The minimum absolute atomic E-state index is 0.00817. The third-order valence-corrected chi connectivity index (χ3v) is 5.69. The van der Waals surface area contributed by atoms with Crippen molar-refractivity contribution in [3.05, 3.63) is 51.5 Å². The molecule has 1 fully saturated rings. The molecule has 3 aromatic rings. The molecule has 0 amide bonds. The first-order valence-corrected chi connectivity index (χ1v) is 9.49. The minimum atomic E-state index is -0.392. The molecule has 0 aliphatic carbocycles. The average Bonchev–Trinajstić information content (AvgIpc) is 3.28. The topological polar surface area (TPSA) is 90.0 Å². The van der Waals surface area contributed by atoms with Gasteiger partial charge in [0.1, 0.15) is 11.9 Å². The number of ketones is 1. The normalized spacial score (nSPS) is 15.2. The number of ether oxygens (including phenoxy) is 1. The number of nitrogens with zero attached hydrogens (tertiary/aromatic N) is 4. The lowest BCUT2D eigenvalue weighted by molar-refractivity contribution is -0.389. The standard InChI is InChI=1S/C18H18N4O4S/c1-26-14-4-2-12(3-5-14)15(23)13-6-8-20(9-7-13)16-17(22(24)25)21-10-11-27-18(21)19-16/h2-5,10-11,13H,6-9H2,1H3. The van der Waals surface area contributed by atoms with Crippen molar-refractivity contribution in [3.8, 4) is 5.75 Å². The number of rotatable bonds is 5. The second kappa shape index (κ2) is 6.99. The van der Waals surface area contributed by atoms with Crippen LogP contribution in [-0.4, -0.2) is 40.3 Å². The number of methoxy groups -OCH3 is 1. The number of anilines is 1. The van der Waals surface area contributed by atoms with Crippen LogP contribution >= 0.6 is 11.3 Å². The molecule has 27 heavy (non-hydrogen) atoms. The number of hydrogen-bond acceptors (Lipinski definition) is 7. The smallest absolute Gasteiger partial charge is 0.373 e. The second-order valence-corrected chi connectivity index (χ2v) is 7.30. The molecule has 4 rings (SSSR count). The third kappa shape index (κ3) is 3.14. The molecule has 0 unspecified atom stereocenters. The van der Waals surface area contributed by atoms with E-state index in [1.165, 1.54) is 15.7 Å². The molecule has 1 saturated heterocycles. The van der Waals surface area contributed by atoms with E-state index in [1.807, 2.05) is 4.90 Å². The summed E-state index contributed by atoms with van der Waals surface area (Å²) in [6.45, 7) is 1.14. The van der Waals surface area contributed by atoms with Crippen LogP contribution in [0.15, 0.2) is 35.8 Å². The molecule has 0 bridgehead atoms. The lowest BCUT2D eigenvalue weighted by Crippen LogP contribution is -2.37. The van der Waals surface area contributed by atoms with Crippen LogP contribution in [0.2, 0.25) is 0 Å². The number of piperidine rings is 1. The number of thiazole rings is 1. The van der Waals surface area contributed by atoms with E-state index in [1.54, 1.807) is 43.0 Å². The molecule has 1 aliphatic rings. The Bertz CT molecular complexity index is 987. The monoisotopic (exact) mass is 386 g/mol. The highest BCUT2D eigenvalue weighted by Gasteiger charge is 2.32. The van der Waals surface area contributed by atoms with E-state index in [-0.39, 0.29) is 17.5 Å². The molecular weight excluding hydrogens is 368 g/mol. The number of carbonyl (C=O) groups is 1. The van der Waals surface area contributed by atoms with Crippen molar-refractivity contribution in [1.29, 1.82) is 0 Å². The molecule has 1 aromatic carbocycles. The summed E-state index contributed by atoms with van der Waals surface area (Å²) >= 11 is 1.37. The lowest BCUT2D eigenvalue weighted by Gasteiger charge is -2.31. The van der Waals surface area contributed by atoms with Crippen LogP contribution < -0.4 is 9.64 Å². The Morgan fingerprint density at radius 3 is 2.63 bits per heavy atom. The minimum Gasteiger partial charge on any atom is -0.497 e. The van der Waals surface area contributed by atoms with Gasteiger partial charge in [0, 0.05) is 30.0 Å². The summed E-state index contributed by atoms with van der Waals surface area (Å²) in [5.74, 6) is 1.12. The third-order valence-electron chi connectivity index (χ3n) is 4.93. The van der Waals surface area contributed by atoms with E-state index in [0.29, 0.717) is 48.0 Å². The Balaban J connectivity index is 1.49. The molecule has 9 heteroatoms. The van der Waals surface area contributed by atoms with Crippen molar-refractivity contribution >= 4 is 33.7 Å². The summed E-state index contributed by atoms with van der Waals surface area (Å²) in [5.41, 5.74) is 0.669. The lowest BCUT2D eigenvalue weighted by atomic mass is 9.89. The Kier molecular flexibility index (Phi) is 4.53. The van der Waals surface area contributed by atoms with E-state index < -0.39 is 4.92 Å². The number of nitro groups is 1. The van der Waals surface area contributed by atoms with E-state index >= 15 is 0 Å². The largest absolute Gasteiger partial charge is 0.497 e. The van der Waals surface area contributed by atoms with Crippen LogP contribution in [0.4, 0.5) is 11.6 Å². The number of hydrogen-bond donors (Lipinski definition) is 0. The Hall–Kier alpha value is -2.94. The Labute approximate surface area is 159 Å². The van der Waals surface area contributed by atoms with Crippen LogP contribution in [0.5, 0.6) is 5.75 Å². The van der Waals surface area contributed by atoms with Crippen LogP contribution in [0.3, 0.4) is 0 Å². The van der Waals surface area contributed by atoms with Crippen molar-refractivity contribution < 1.29 is 14.5 Å². The van der Waals surface area contributed by atoms with Gasteiger partial charge in [-0.15, -0.1) is 0 Å². The van der Waals surface area contributed by atoms with Crippen LogP contribution in [0, 0.1) is 16.0 Å². The molecular formula is C18H18N4O4S. The summed E-state index contributed by atoms with van der Waals surface area (Å²) in [6, 6.07) is 7.12. The molecule has 1 aliphatic heterocycles. The molecule has 140 valence electrons. The molecule has 0 saturated carbocycles. The maximum Gasteiger partial charge on any atom is 0.373 e.